The Hall–Kier alpha value is -2.42. The summed E-state index contributed by atoms with van der Waals surface area (Å²) in [7, 11) is 2.19. The zero-order valence-corrected chi connectivity index (χ0v) is 23.9. The third-order valence-corrected chi connectivity index (χ3v) is 9.12. The van der Waals surface area contributed by atoms with E-state index in [0.717, 1.165) is 68.5 Å². The highest BCUT2D eigenvalue weighted by Crippen LogP contribution is 2.42. The molecule has 39 heavy (non-hydrogen) atoms. The smallest absolute Gasteiger partial charge is 0.146 e. The standard InChI is InChI=1S/C29H30Cl3FN6/c1-37-8-10-38(11-9-37)19-3-5-20(6-4-19)39-15-22(27-28(34)35-16-36-29(27)39)17-2-7-21(25(33)12-17)26-23(31)13-18(30)14-24(26)32/h2,7,12-16,19-20H,3-6,8-11H2,1H3,(H2,34,35,36). The summed E-state index contributed by atoms with van der Waals surface area (Å²) >= 11 is 18.8. The number of piperazine rings is 1. The molecular formula is C29H30Cl3FN6. The molecule has 2 aromatic carbocycles. The van der Waals surface area contributed by atoms with Crippen molar-refractivity contribution < 1.29 is 4.39 Å². The molecule has 6 rings (SSSR count). The van der Waals surface area contributed by atoms with Crippen molar-refractivity contribution in [2.45, 2.75) is 37.8 Å². The molecule has 4 aromatic rings. The summed E-state index contributed by atoms with van der Waals surface area (Å²) in [5.74, 6) is -0.0595. The van der Waals surface area contributed by atoms with Gasteiger partial charge in [0.25, 0.3) is 0 Å². The van der Waals surface area contributed by atoms with Gasteiger partial charge in [-0.15, -0.1) is 0 Å². The van der Waals surface area contributed by atoms with E-state index in [0.29, 0.717) is 49.7 Å². The zero-order valence-electron chi connectivity index (χ0n) is 21.7. The van der Waals surface area contributed by atoms with Crippen LogP contribution in [0.15, 0.2) is 42.9 Å². The van der Waals surface area contributed by atoms with Gasteiger partial charge in [0.2, 0.25) is 0 Å². The molecule has 2 aromatic heterocycles. The topological polar surface area (TPSA) is 63.2 Å². The maximum Gasteiger partial charge on any atom is 0.146 e. The summed E-state index contributed by atoms with van der Waals surface area (Å²) in [5, 5.41) is 1.72. The van der Waals surface area contributed by atoms with Crippen LogP contribution in [0.3, 0.4) is 0 Å². The quantitative estimate of drug-likeness (QED) is 0.274. The fourth-order valence-electron chi connectivity index (χ4n) is 6.18. The number of anilines is 1. The van der Waals surface area contributed by atoms with Crippen LogP contribution in [-0.2, 0) is 0 Å². The molecule has 2 N–H and O–H groups in total. The van der Waals surface area contributed by atoms with Crippen molar-refractivity contribution in [3.05, 3.63) is 63.7 Å². The number of hydrogen-bond acceptors (Lipinski definition) is 5. The van der Waals surface area contributed by atoms with E-state index >= 15 is 4.39 Å². The van der Waals surface area contributed by atoms with Crippen molar-refractivity contribution in [1.82, 2.24) is 24.3 Å². The van der Waals surface area contributed by atoms with Gasteiger partial charge in [-0.3, -0.25) is 4.90 Å². The van der Waals surface area contributed by atoms with Crippen LogP contribution in [0, 0.1) is 5.82 Å². The van der Waals surface area contributed by atoms with Crippen molar-refractivity contribution in [1.29, 1.82) is 0 Å². The number of likely N-dealkylation sites (N-methyl/N-ethyl adjacent to an activating group) is 1. The van der Waals surface area contributed by atoms with Crippen molar-refractivity contribution in [3.8, 4) is 22.3 Å². The number of hydrogen-bond donors (Lipinski definition) is 1. The van der Waals surface area contributed by atoms with E-state index < -0.39 is 5.82 Å². The lowest BCUT2D eigenvalue weighted by molar-refractivity contribution is 0.0828. The fourth-order valence-corrected chi connectivity index (χ4v) is 7.20. The zero-order chi connectivity index (χ0) is 27.3. The molecule has 204 valence electrons. The Morgan fingerprint density at radius 3 is 2.21 bits per heavy atom. The lowest BCUT2D eigenvalue weighted by Crippen LogP contribution is -2.49. The van der Waals surface area contributed by atoms with Gasteiger partial charge < -0.3 is 15.2 Å². The fraction of sp³-hybridized carbons (Fsp3) is 0.379. The lowest BCUT2D eigenvalue weighted by atomic mass is 9.89. The molecule has 0 amide bonds. The SMILES string of the molecule is CN1CCN(C2CCC(n3cc(-c4ccc(-c5c(Cl)cc(Cl)cc5Cl)c(F)c4)c4c(N)ncnc43)CC2)CC1. The monoisotopic (exact) mass is 586 g/mol. The normalized spacial score (nSPS) is 21.1. The molecular weight excluding hydrogens is 558 g/mol. The van der Waals surface area contributed by atoms with Crippen LogP contribution in [0.25, 0.3) is 33.3 Å². The van der Waals surface area contributed by atoms with Crippen molar-refractivity contribution in [3.63, 3.8) is 0 Å². The van der Waals surface area contributed by atoms with Crippen molar-refractivity contribution >= 4 is 51.7 Å². The van der Waals surface area contributed by atoms with Crippen LogP contribution >= 0.6 is 34.8 Å². The van der Waals surface area contributed by atoms with Crippen LogP contribution in [0.1, 0.15) is 31.7 Å². The van der Waals surface area contributed by atoms with Crippen molar-refractivity contribution in [2.75, 3.05) is 39.0 Å². The third kappa shape index (κ3) is 5.11. The summed E-state index contributed by atoms with van der Waals surface area (Å²) in [5.41, 5.74) is 9.37. The Kier molecular flexibility index (Phi) is 7.46. The van der Waals surface area contributed by atoms with E-state index in [4.69, 9.17) is 40.5 Å². The Morgan fingerprint density at radius 2 is 1.54 bits per heavy atom. The molecule has 2 fully saturated rings. The average molecular weight is 588 g/mol. The van der Waals surface area contributed by atoms with E-state index in [2.05, 4.69) is 37.6 Å². The molecule has 1 aliphatic heterocycles. The van der Waals surface area contributed by atoms with E-state index in [1.54, 1.807) is 18.2 Å². The molecule has 0 spiro atoms. The molecule has 1 aliphatic carbocycles. The lowest BCUT2D eigenvalue weighted by Gasteiger charge is -2.41. The summed E-state index contributed by atoms with van der Waals surface area (Å²) < 4.78 is 17.8. The van der Waals surface area contributed by atoms with Gasteiger partial charge in [-0.05, 0) is 56.5 Å². The number of nitrogens with two attached hydrogens (primary N) is 1. The van der Waals surface area contributed by atoms with Gasteiger partial charge in [-0.1, -0.05) is 46.9 Å². The van der Waals surface area contributed by atoms with Crippen LogP contribution in [0.4, 0.5) is 10.2 Å². The highest BCUT2D eigenvalue weighted by Gasteiger charge is 2.30. The molecule has 10 heteroatoms. The summed E-state index contributed by atoms with van der Waals surface area (Å²) in [6, 6.07) is 9.08. The highest BCUT2D eigenvalue weighted by molar-refractivity contribution is 6.41. The Bertz CT molecular complexity index is 1500. The van der Waals surface area contributed by atoms with Crippen LogP contribution in [0.5, 0.6) is 0 Å². The minimum absolute atomic E-state index is 0.292. The third-order valence-electron chi connectivity index (χ3n) is 8.31. The minimum atomic E-state index is -0.442. The Labute approximate surface area is 242 Å². The van der Waals surface area contributed by atoms with Gasteiger partial charge in [0, 0.05) is 66.2 Å². The number of benzene rings is 2. The van der Waals surface area contributed by atoms with Crippen LogP contribution in [-0.4, -0.2) is 63.6 Å². The van der Waals surface area contributed by atoms with Gasteiger partial charge in [-0.2, -0.15) is 0 Å². The predicted molar refractivity (Wildman–Crippen MR) is 158 cm³/mol. The molecule has 0 bridgehead atoms. The van der Waals surface area contributed by atoms with Gasteiger partial charge in [-0.25, -0.2) is 14.4 Å². The Balaban J connectivity index is 1.32. The minimum Gasteiger partial charge on any atom is -0.383 e. The maximum absolute atomic E-state index is 15.6. The second-order valence-electron chi connectivity index (χ2n) is 10.6. The number of fused-ring (bicyclic) bond motifs is 1. The number of halogens is 4. The van der Waals surface area contributed by atoms with Gasteiger partial charge in [0.1, 0.15) is 23.6 Å². The highest BCUT2D eigenvalue weighted by atomic mass is 35.5. The first-order valence-electron chi connectivity index (χ1n) is 13.3. The first kappa shape index (κ1) is 26.8. The van der Waals surface area contributed by atoms with Crippen molar-refractivity contribution in [2.24, 2.45) is 0 Å². The van der Waals surface area contributed by atoms with Gasteiger partial charge >= 0.3 is 0 Å². The molecule has 0 radical (unpaired) electrons. The summed E-state index contributed by atoms with van der Waals surface area (Å²) in [6.45, 7) is 4.54. The van der Waals surface area contributed by atoms with E-state index in [-0.39, 0.29) is 0 Å². The second kappa shape index (κ2) is 10.9. The number of rotatable bonds is 4. The van der Waals surface area contributed by atoms with E-state index in [1.165, 1.54) is 12.4 Å². The summed E-state index contributed by atoms with van der Waals surface area (Å²) in [6.07, 6.45) is 7.98. The summed E-state index contributed by atoms with van der Waals surface area (Å²) in [4.78, 5) is 13.9. The largest absolute Gasteiger partial charge is 0.383 e. The predicted octanol–water partition coefficient (Wildman–Crippen LogP) is 7.18. The molecule has 1 saturated heterocycles. The molecule has 0 atom stereocenters. The number of nitrogens with zero attached hydrogens (tertiary/aromatic N) is 5. The molecule has 2 aliphatic rings. The van der Waals surface area contributed by atoms with Gasteiger partial charge in [0.15, 0.2) is 0 Å². The number of aromatic nitrogens is 3. The Morgan fingerprint density at radius 1 is 0.872 bits per heavy atom. The van der Waals surface area contributed by atoms with Crippen LogP contribution in [0.2, 0.25) is 15.1 Å². The second-order valence-corrected chi connectivity index (χ2v) is 11.9. The first-order chi connectivity index (χ1) is 18.8. The van der Waals surface area contributed by atoms with Gasteiger partial charge in [0.05, 0.1) is 15.4 Å². The molecule has 1 saturated carbocycles. The van der Waals surface area contributed by atoms with E-state index in [1.807, 2.05) is 6.07 Å². The maximum atomic E-state index is 15.6. The average Bonchev–Trinajstić information content (AvgIpc) is 3.31. The van der Waals surface area contributed by atoms with E-state index in [9.17, 15) is 0 Å². The molecule has 3 heterocycles. The number of nitrogen functional groups attached to an aromatic ring is 1. The molecule has 6 nitrogen and oxygen atoms in total. The first-order valence-corrected chi connectivity index (χ1v) is 14.4. The molecule has 0 unspecified atom stereocenters. The van der Waals surface area contributed by atoms with Crippen LogP contribution < -0.4 is 5.73 Å².